The lowest BCUT2D eigenvalue weighted by Gasteiger charge is -2.17. The highest BCUT2D eigenvalue weighted by atomic mass is 32.1. The van der Waals surface area contributed by atoms with Gasteiger partial charge in [-0.1, -0.05) is 0 Å². The van der Waals surface area contributed by atoms with Crippen molar-refractivity contribution in [1.82, 2.24) is 14.8 Å². The van der Waals surface area contributed by atoms with Crippen LogP contribution < -0.4 is 4.90 Å². The topological polar surface area (TPSA) is 56.8 Å². The third-order valence-corrected chi connectivity index (χ3v) is 6.03. The molecule has 3 aliphatic rings. The van der Waals surface area contributed by atoms with E-state index in [1.165, 1.54) is 22.6 Å². The fourth-order valence-electron chi connectivity index (χ4n) is 3.77. The molecule has 3 fully saturated rings. The maximum absolute atomic E-state index is 12.0. The maximum Gasteiger partial charge on any atom is 0.234 e. The average molecular weight is 320 g/mol. The number of aromatic nitrogens is 1. The van der Waals surface area contributed by atoms with Gasteiger partial charge in [0.05, 0.1) is 11.8 Å². The Morgan fingerprint density at radius 2 is 1.82 bits per heavy atom. The molecule has 1 aromatic rings. The molecule has 2 atom stereocenters. The van der Waals surface area contributed by atoms with Crippen molar-refractivity contribution in [3.05, 3.63) is 11.1 Å². The molecule has 22 heavy (non-hydrogen) atoms. The zero-order valence-electron chi connectivity index (χ0n) is 12.7. The minimum atomic E-state index is -0.136. The van der Waals surface area contributed by atoms with E-state index in [4.69, 9.17) is 0 Å². The molecule has 0 spiro atoms. The van der Waals surface area contributed by atoms with E-state index in [-0.39, 0.29) is 23.7 Å². The molecular weight excluding hydrogens is 300 g/mol. The number of hydrogen-bond acceptors (Lipinski definition) is 6. The molecule has 4 heterocycles. The summed E-state index contributed by atoms with van der Waals surface area (Å²) in [5, 5.41) is 1.11. The Balaban J connectivity index is 1.41. The third kappa shape index (κ3) is 2.23. The van der Waals surface area contributed by atoms with Crippen molar-refractivity contribution in [2.45, 2.75) is 19.4 Å². The summed E-state index contributed by atoms with van der Waals surface area (Å²) < 4.78 is 0. The Kier molecular flexibility index (Phi) is 3.41. The summed E-state index contributed by atoms with van der Waals surface area (Å²) in [7, 11) is 1.60. The average Bonchev–Trinajstić information content (AvgIpc) is 3.26. The SMILES string of the molecule is CN1C(=O)[C@H]2CN(Cc3cnc(N4CCCC4)s3)C[C@H]2C1=O. The molecule has 0 unspecified atom stereocenters. The van der Waals surface area contributed by atoms with E-state index >= 15 is 0 Å². The summed E-state index contributed by atoms with van der Waals surface area (Å²) in [6, 6.07) is 0. The third-order valence-electron chi connectivity index (χ3n) is 4.99. The van der Waals surface area contributed by atoms with Crippen molar-refractivity contribution >= 4 is 28.3 Å². The molecule has 4 rings (SSSR count). The monoisotopic (exact) mass is 320 g/mol. The molecule has 6 nitrogen and oxygen atoms in total. The molecule has 3 aliphatic heterocycles. The lowest BCUT2D eigenvalue weighted by Crippen LogP contribution is -2.32. The minimum absolute atomic E-state index is 0.0143. The molecular formula is C15H20N4O2S. The highest BCUT2D eigenvalue weighted by Gasteiger charge is 2.50. The largest absolute Gasteiger partial charge is 0.348 e. The molecule has 0 bridgehead atoms. The Morgan fingerprint density at radius 3 is 2.45 bits per heavy atom. The number of nitrogens with zero attached hydrogens (tertiary/aromatic N) is 4. The lowest BCUT2D eigenvalue weighted by molar-refractivity contribution is -0.138. The predicted molar refractivity (Wildman–Crippen MR) is 83.6 cm³/mol. The number of carbonyl (C=O) groups is 2. The van der Waals surface area contributed by atoms with Crippen LogP contribution in [0.2, 0.25) is 0 Å². The van der Waals surface area contributed by atoms with Crippen LogP contribution in [0.15, 0.2) is 6.20 Å². The fraction of sp³-hybridized carbons (Fsp3) is 0.667. The number of likely N-dealkylation sites (tertiary alicyclic amines) is 2. The molecule has 2 amide bonds. The van der Waals surface area contributed by atoms with Crippen LogP contribution in [0.3, 0.4) is 0 Å². The fourth-order valence-corrected chi connectivity index (χ4v) is 4.77. The maximum atomic E-state index is 12.0. The number of carbonyl (C=O) groups excluding carboxylic acids is 2. The number of hydrogen-bond donors (Lipinski definition) is 0. The number of fused-ring (bicyclic) bond motifs is 1. The van der Waals surface area contributed by atoms with Gasteiger partial charge in [-0.25, -0.2) is 4.98 Å². The van der Waals surface area contributed by atoms with E-state index < -0.39 is 0 Å². The van der Waals surface area contributed by atoms with Gasteiger partial charge in [0.25, 0.3) is 0 Å². The van der Waals surface area contributed by atoms with Crippen LogP contribution in [0.5, 0.6) is 0 Å². The molecule has 0 N–H and O–H groups in total. The van der Waals surface area contributed by atoms with Crippen molar-refractivity contribution in [2.75, 3.05) is 38.1 Å². The number of thiazole rings is 1. The highest BCUT2D eigenvalue weighted by molar-refractivity contribution is 7.15. The standard InChI is InChI=1S/C15H20N4O2S/c1-17-13(20)11-8-18(9-12(11)14(17)21)7-10-6-16-15(22-10)19-4-2-3-5-19/h6,11-12H,2-5,7-9H2,1H3/t11-,12+. The first-order valence-corrected chi connectivity index (χ1v) is 8.68. The molecule has 118 valence electrons. The van der Waals surface area contributed by atoms with Crippen molar-refractivity contribution in [3.8, 4) is 0 Å². The summed E-state index contributed by atoms with van der Waals surface area (Å²) in [6.45, 7) is 4.39. The summed E-state index contributed by atoms with van der Waals surface area (Å²) in [5.74, 6) is -0.300. The normalized spacial score (nSPS) is 29.0. The van der Waals surface area contributed by atoms with E-state index in [0.29, 0.717) is 13.1 Å². The lowest BCUT2D eigenvalue weighted by atomic mass is 10.00. The Hall–Kier alpha value is -1.47. The van der Waals surface area contributed by atoms with Gasteiger partial charge in [0.2, 0.25) is 11.8 Å². The second-order valence-electron chi connectivity index (χ2n) is 6.45. The van der Waals surface area contributed by atoms with Gasteiger partial charge < -0.3 is 4.90 Å². The quantitative estimate of drug-likeness (QED) is 0.771. The summed E-state index contributed by atoms with van der Waals surface area (Å²) in [4.78, 5) is 35.7. The van der Waals surface area contributed by atoms with Gasteiger partial charge in [-0.3, -0.25) is 19.4 Å². The van der Waals surface area contributed by atoms with E-state index in [0.717, 1.165) is 24.8 Å². The van der Waals surface area contributed by atoms with E-state index in [2.05, 4.69) is 14.8 Å². The van der Waals surface area contributed by atoms with Crippen LogP contribution in [-0.4, -0.2) is 59.8 Å². The molecule has 0 saturated carbocycles. The Bertz CT molecular complexity index is 586. The van der Waals surface area contributed by atoms with Crippen LogP contribution >= 0.6 is 11.3 Å². The molecule has 0 radical (unpaired) electrons. The van der Waals surface area contributed by atoms with Crippen LogP contribution in [-0.2, 0) is 16.1 Å². The zero-order valence-corrected chi connectivity index (χ0v) is 13.5. The smallest absolute Gasteiger partial charge is 0.234 e. The zero-order chi connectivity index (χ0) is 15.3. The molecule has 1 aromatic heterocycles. The number of imide groups is 1. The van der Waals surface area contributed by atoms with Crippen molar-refractivity contribution < 1.29 is 9.59 Å². The molecule has 0 aliphatic carbocycles. The van der Waals surface area contributed by atoms with E-state index in [1.807, 2.05) is 6.20 Å². The van der Waals surface area contributed by atoms with Crippen LogP contribution in [0.25, 0.3) is 0 Å². The van der Waals surface area contributed by atoms with Crippen molar-refractivity contribution in [2.24, 2.45) is 11.8 Å². The van der Waals surface area contributed by atoms with E-state index in [1.54, 1.807) is 18.4 Å². The summed E-state index contributed by atoms with van der Waals surface area (Å²) in [5.41, 5.74) is 0. The van der Waals surface area contributed by atoms with Crippen LogP contribution in [0, 0.1) is 11.8 Å². The number of rotatable bonds is 3. The van der Waals surface area contributed by atoms with Crippen molar-refractivity contribution in [1.29, 1.82) is 0 Å². The van der Waals surface area contributed by atoms with Gasteiger partial charge in [-0.15, -0.1) is 11.3 Å². The Labute approximate surface area is 133 Å². The van der Waals surface area contributed by atoms with Gasteiger partial charge in [0.1, 0.15) is 0 Å². The number of amides is 2. The van der Waals surface area contributed by atoms with Crippen molar-refractivity contribution in [3.63, 3.8) is 0 Å². The highest BCUT2D eigenvalue weighted by Crippen LogP contribution is 2.34. The molecule has 3 saturated heterocycles. The molecule has 0 aromatic carbocycles. The van der Waals surface area contributed by atoms with Crippen LogP contribution in [0.4, 0.5) is 5.13 Å². The Morgan fingerprint density at radius 1 is 1.18 bits per heavy atom. The first kappa shape index (κ1) is 14.1. The predicted octanol–water partition coefficient (Wildman–Crippen LogP) is 0.790. The van der Waals surface area contributed by atoms with Gasteiger partial charge in [0, 0.05) is 50.8 Å². The second-order valence-corrected chi connectivity index (χ2v) is 7.54. The van der Waals surface area contributed by atoms with Gasteiger partial charge in [-0.05, 0) is 12.8 Å². The first-order chi connectivity index (χ1) is 10.6. The second kappa shape index (κ2) is 5.31. The van der Waals surface area contributed by atoms with Gasteiger partial charge in [0.15, 0.2) is 5.13 Å². The summed E-state index contributed by atoms with van der Waals surface area (Å²) in [6.07, 6.45) is 4.45. The van der Waals surface area contributed by atoms with Gasteiger partial charge >= 0.3 is 0 Å². The number of anilines is 1. The minimum Gasteiger partial charge on any atom is -0.348 e. The molecule has 7 heteroatoms. The van der Waals surface area contributed by atoms with Gasteiger partial charge in [-0.2, -0.15) is 0 Å². The summed E-state index contributed by atoms with van der Waals surface area (Å²) >= 11 is 1.74. The van der Waals surface area contributed by atoms with E-state index in [9.17, 15) is 9.59 Å². The van der Waals surface area contributed by atoms with Crippen LogP contribution in [0.1, 0.15) is 17.7 Å². The first-order valence-electron chi connectivity index (χ1n) is 7.87.